The largest absolute Gasteiger partial charge is 0.325 e. The van der Waals surface area contributed by atoms with Gasteiger partial charge in [-0.25, -0.2) is 4.39 Å². The zero-order valence-corrected chi connectivity index (χ0v) is 10.1. The third-order valence-corrected chi connectivity index (χ3v) is 2.79. The van der Waals surface area contributed by atoms with Crippen LogP contribution in [0.2, 0.25) is 5.02 Å². The van der Waals surface area contributed by atoms with Gasteiger partial charge in [-0.15, -0.1) is 0 Å². The molecule has 0 aliphatic heterocycles. The third kappa shape index (κ3) is 2.55. The lowest BCUT2D eigenvalue weighted by atomic mass is 10.0. The number of ketones is 1. The Balaban J connectivity index is 2.44. The summed E-state index contributed by atoms with van der Waals surface area (Å²) in [4.78, 5) is 16.2. The summed E-state index contributed by atoms with van der Waals surface area (Å²) in [6.07, 6.45) is 1.49. The second kappa shape index (κ2) is 5.25. The number of rotatable bonds is 3. The predicted octanol–water partition coefficient (Wildman–Crippen LogP) is 2.56. The van der Waals surface area contributed by atoms with Gasteiger partial charge < -0.3 is 5.73 Å². The molecule has 2 rings (SSSR count). The maximum atomic E-state index is 13.1. The summed E-state index contributed by atoms with van der Waals surface area (Å²) >= 11 is 5.89. The maximum absolute atomic E-state index is 13.1. The van der Waals surface area contributed by atoms with Gasteiger partial charge in [0.2, 0.25) is 0 Å². The van der Waals surface area contributed by atoms with E-state index in [9.17, 15) is 9.18 Å². The number of nitrogens with zero attached hydrogens (tertiary/aromatic N) is 1. The molecule has 0 amide bonds. The van der Waals surface area contributed by atoms with Crippen LogP contribution in [0, 0.1) is 5.82 Å². The molecule has 0 radical (unpaired) electrons. The number of nitrogens with two attached hydrogens (primary N) is 1. The second-order valence-corrected chi connectivity index (χ2v) is 4.10. The van der Waals surface area contributed by atoms with Crippen molar-refractivity contribution in [1.29, 1.82) is 0 Å². The van der Waals surface area contributed by atoms with E-state index in [1.807, 2.05) is 0 Å². The van der Waals surface area contributed by atoms with Crippen LogP contribution in [0.15, 0.2) is 36.5 Å². The monoisotopic (exact) mass is 264 g/mol. The van der Waals surface area contributed by atoms with Gasteiger partial charge in [0, 0.05) is 23.9 Å². The minimum atomic E-state index is -0.504. The maximum Gasteiger partial charge on any atom is 0.194 e. The predicted molar refractivity (Wildman–Crippen MR) is 67.0 cm³/mol. The van der Waals surface area contributed by atoms with E-state index < -0.39 is 5.82 Å². The highest BCUT2D eigenvalue weighted by Gasteiger charge is 2.14. The molecule has 5 heteroatoms. The Bertz CT molecular complexity index is 601. The number of carbonyl (C=O) groups is 1. The first-order valence-corrected chi connectivity index (χ1v) is 5.64. The van der Waals surface area contributed by atoms with Crippen LogP contribution in [0.25, 0.3) is 0 Å². The van der Waals surface area contributed by atoms with E-state index in [0.717, 1.165) is 6.07 Å². The fourth-order valence-electron chi connectivity index (χ4n) is 1.56. The van der Waals surface area contributed by atoms with Gasteiger partial charge in [-0.1, -0.05) is 11.6 Å². The average Bonchev–Trinajstić information content (AvgIpc) is 2.41. The molecule has 92 valence electrons. The quantitative estimate of drug-likeness (QED) is 0.867. The van der Waals surface area contributed by atoms with Gasteiger partial charge in [-0.05, 0) is 30.3 Å². The fourth-order valence-corrected chi connectivity index (χ4v) is 1.76. The number of hydrogen-bond acceptors (Lipinski definition) is 3. The van der Waals surface area contributed by atoms with Crippen molar-refractivity contribution in [3.8, 4) is 0 Å². The lowest BCUT2D eigenvalue weighted by Crippen LogP contribution is -2.06. The van der Waals surface area contributed by atoms with E-state index in [1.165, 1.54) is 18.3 Å². The van der Waals surface area contributed by atoms with Crippen LogP contribution in [-0.4, -0.2) is 10.8 Å². The van der Waals surface area contributed by atoms with Crippen LogP contribution in [-0.2, 0) is 6.54 Å². The number of benzene rings is 1. The highest BCUT2D eigenvalue weighted by molar-refractivity contribution is 6.34. The summed E-state index contributed by atoms with van der Waals surface area (Å²) in [5, 5.41) is 0.215. The molecule has 1 aromatic heterocycles. The van der Waals surface area contributed by atoms with Crippen molar-refractivity contribution in [3.63, 3.8) is 0 Å². The normalized spacial score (nSPS) is 10.4. The molecule has 3 nitrogen and oxygen atoms in total. The first kappa shape index (κ1) is 12.7. The number of hydrogen-bond donors (Lipinski definition) is 1. The van der Waals surface area contributed by atoms with Crippen molar-refractivity contribution < 1.29 is 9.18 Å². The minimum absolute atomic E-state index is 0.130. The first-order chi connectivity index (χ1) is 8.61. The number of aromatic nitrogens is 1. The van der Waals surface area contributed by atoms with Crippen molar-refractivity contribution in [2.45, 2.75) is 6.54 Å². The van der Waals surface area contributed by atoms with Crippen LogP contribution in [0.4, 0.5) is 4.39 Å². The molecule has 18 heavy (non-hydrogen) atoms. The highest BCUT2D eigenvalue weighted by Crippen LogP contribution is 2.20. The van der Waals surface area contributed by atoms with E-state index in [0.29, 0.717) is 11.3 Å². The smallest absolute Gasteiger partial charge is 0.194 e. The Morgan fingerprint density at radius 1 is 1.33 bits per heavy atom. The summed E-state index contributed by atoms with van der Waals surface area (Å²) in [6, 6.07) is 6.80. The van der Waals surface area contributed by atoms with Crippen LogP contribution in [0.5, 0.6) is 0 Å². The minimum Gasteiger partial charge on any atom is -0.325 e. The summed E-state index contributed by atoms with van der Waals surface area (Å²) < 4.78 is 13.1. The van der Waals surface area contributed by atoms with Gasteiger partial charge in [0.25, 0.3) is 0 Å². The molecular weight excluding hydrogens is 255 g/mol. The summed E-state index contributed by atoms with van der Waals surface area (Å²) in [7, 11) is 0. The lowest BCUT2D eigenvalue weighted by Gasteiger charge is -2.05. The van der Waals surface area contributed by atoms with Gasteiger partial charge in [0.1, 0.15) is 5.82 Å². The van der Waals surface area contributed by atoms with Crippen molar-refractivity contribution >= 4 is 17.4 Å². The van der Waals surface area contributed by atoms with Crippen LogP contribution < -0.4 is 5.73 Å². The van der Waals surface area contributed by atoms with E-state index in [1.54, 1.807) is 12.1 Å². The molecule has 0 atom stereocenters. The molecule has 2 aromatic rings. The Morgan fingerprint density at radius 2 is 2.11 bits per heavy atom. The number of pyridine rings is 1. The Morgan fingerprint density at radius 3 is 2.83 bits per heavy atom. The summed E-state index contributed by atoms with van der Waals surface area (Å²) in [6.45, 7) is 0.234. The summed E-state index contributed by atoms with van der Waals surface area (Å²) in [5.41, 5.74) is 6.56. The van der Waals surface area contributed by atoms with Gasteiger partial charge >= 0.3 is 0 Å². The van der Waals surface area contributed by atoms with Crippen molar-refractivity contribution in [2.75, 3.05) is 0 Å². The van der Waals surface area contributed by atoms with Gasteiger partial charge in [0.05, 0.1) is 10.7 Å². The second-order valence-electron chi connectivity index (χ2n) is 3.69. The van der Waals surface area contributed by atoms with Crippen molar-refractivity contribution in [2.24, 2.45) is 5.73 Å². The zero-order chi connectivity index (χ0) is 13.1. The molecular formula is C13H10ClFN2O. The van der Waals surface area contributed by atoms with Gasteiger partial charge in [-0.3, -0.25) is 9.78 Å². The molecule has 0 saturated carbocycles. The SMILES string of the molecule is NCc1cc(C(=O)c2cc(F)ccc2Cl)ccn1. The molecule has 1 aromatic carbocycles. The van der Waals surface area contributed by atoms with Crippen LogP contribution in [0.3, 0.4) is 0 Å². The van der Waals surface area contributed by atoms with Crippen LogP contribution in [0.1, 0.15) is 21.6 Å². The van der Waals surface area contributed by atoms with Gasteiger partial charge in [0.15, 0.2) is 5.78 Å². The fraction of sp³-hybridized carbons (Fsp3) is 0.0769. The molecule has 2 N–H and O–H groups in total. The molecule has 0 aliphatic carbocycles. The lowest BCUT2D eigenvalue weighted by molar-refractivity contribution is 0.103. The Kier molecular flexibility index (Phi) is 3.69. The summed E-state index contributed by atoms with van der Waals surface area (Å²) in [5.74, 6) is -0.854. The number of carbonyl (C=O) groups excluding carboxylic acids is 1. The van der Waals surface area contributed by atoms with Crippen LogP contribution >= 0.6 is 11.6 Å². The molecule has 0 aliphatic rings. The van der Waals surface area contributed by atoms with E-state index in [2.05, 4.69) is 4.98 Å². The molecule has 0 spiro atoms. The van der Waals surface area contributed by atoms with Crippen molar-refractivity contribution in [3.05, 3.63) is 64.2 Å². The van der Waals surface area contributed by atoms with E-state index in [-0.39, 0.29) is 22.9 Å². The molecule has 0 saturated heterocycles. The highest BCUT2D eigenvalue weighted by atomic mass is 35.5. The van der Waals surface area contributed by atoms with E-state index in [4.69, 9.17) is 17.3 Å². The van der Waals surface area contributed by atoms with Gasteiger partial charge in [-0.2, -0.15) is 0 Å². The zero-order valence-electron chi connectivity index (χ0n) is 9.36. The Labute approximate surface area is 108 Å². The molecule has 1 heterocycles. The topological polar surface area (TPSA) is 56.0 Å². The molecule has 0 fully saturated rings. The first-order valence-electron chi connectivity index (χ1n) is 5.26. The average molecular weight is 265 g/mol. The standard InChI is InChI=1S/C13H10ClFN2O/c14-12-2-1-9(15)6-11(12)13(18)8-3-4-17-10(5-8)7-16/h1-6H,7,16H2. The third-order valence-electron chi connectivity index (χ3n) is 2.46. The van der Waals surface area contributed by atoms with E-state index >= 15 is 0 Å². The van der Waals surface area contributed by atoms with Crippen molar-refractivity contribution in [1.82, 2.24) is 4.98 Å². The number of halogens is 2. The molecule has 0 bridgehead atoms. The Hall–Kier alpha value is -1.78. The molecule has 0 unspecified atom stereocenters.